The molecule has 0 saturated carbocycles. The van der Waals surface area contributed by atoms with Gasteiger partial charge in [0.25, 0.3) is 0 Å². The zero-order chi connectivity index (χ0) is 25.7. The molecular weight excluding hydrogens is 616 g/mol. The van der Waals surface area contributed by atoms with Gasteiger partial charge in [-0.25, -0.2) is 0 Å². The second-order valence-electron chi connectivity index (χ2n) is 7.67. The molecule has 0 bridgehead atoms. The van der Waals surface area contributed by atoms with Gasteiger partial charge < -0.3 is 0 Å². The Morgan fingerprint density at radius 1 is 0.611 bits per heavy atom. The number of hydrogen-bond donors (Lipinski definition) is 2. The van der Waals surface area contributed by atoms with Gasteiger partial charge in [-0.1, -0.05) is 0 Å². The maximum absolute atomic E-state index is 9.66. The summed E-state index contributed by atoms with van der Waals surface area (Å²) < 4.78 is 3.25. The van der Waals surface area contributed by atoms with Gasteiger partial charge in [-0.3, -0.25) is 0 Å². The molecule has 36 heavy (non-hydrogen) atoms. The first-order valence-electron chi connectivity index (χ1n) is 10.3. The van der Waals surface area contributed by atoms with Crippen LogP contribution < -0.4 is 19.1 Å². The number of nitrogens with zero attached hydrogens (tertiary/aromatic N) is 4. The zero-order valence-corrected chi connectivity index (χ0v) is 24.5. The van der Waals surface area contributed by atoms with E-state index in [1.165, 1.54) is 22.7 Å². The Hall–Kier alpha value is -1.96. The van der Waals surface area contributed by atoms with Gasteiger partial charge in [-0.05, 0) is 0 Å². The van der Waals surface area contributed by atoms with Gasteiger partial charge in [0.1, 0.15) is 0 Å². The summed E-state index contributed by atoms with van der Waals surface area (Å²) in [6.45, 7) is 0. The number of thiophene rings is 2. The van der Waals surface area contributed by atoms with Gasteiger partial charge >= 0.3 is 237 Å². The van der Waals surface area contributed by atoms with Crippen LogP contribution >= 0.6 is 79.2 Å². The number of rotatable bonds is 6. The average Bonchev–Trinajstić information content (AvgIpc) is 3.47. The van der Waals surface area contributed by atoms with Crippen molar-refractivity contribution in [3.05, 3.63) is 94.7 Å². The van der Waals surface area contributed by atoms with Gasteiger partial charge in [0.2, 0.25) is 0 Å². The zero-order valence-electron chi connectivity index (χ0n) is 18.1. The molecule has 0 radical (unpaired) electrons. The Labute approximate surface area is 235 Å². The Morgan fingerprint density at radius 2 is 0.972 bits per heavy atom. The molecule has 3 heterocycles. The standard InChI is InChI=1S/C22H16Cl4N6P2S2/c23-33(24,29-21-17(15-27)11-13-35-21)31(19-7-3-1-4-8-19)34(25,26,30-22-18(16-28)12-14-36-22)32(33)20-9-5-2-6-10-20/h1-14,29-30H. The number of benzene rings is 2. The third-order valence-corrected chi connectivity index (χ3v) is 23.4. The Morgan fingerprint density at radius 3 is 1.31 bits per heavy atom. The second-order valence-corrected chi connectivity index (χ2v) is 24.2. The molecule has 6 nitrogen and oxygen atoms in total. The molecule has 0 spiro atoms. The van der Waals surface area contributed by atoms with Gasteiger partial charge in [0.15, 0.2) is 0 Å². The van der Waals surface area contributed by atoms with Crippen molar-refractivity contribution in [2.24, 2.45) is 0 Å². The van der Waals surface area contributed by atoms with E-state index in [1.54, 1.807) is 31.8 Å². The van der Waals surface area contributed by atoms with Gasteiger partial charge in [0, 0.05) is 0 Å². The Balaban J connectivity index is 1.79. The monoisotopic (exact) mass is 630 g/mol. The van der Waals surface area contributed by atoms with Crippen molar-refractivity contribution in [1.29, 1.82) is 10.5 Å². The molecule has 1 aliphatic heterocycles. The predicted molar refractivity (Wildman–Crippen MR) is 160 cm³/mol. The molecular formula is C22H16Cl4N6P2S2. The fourth-order valence-corrected chi connectivity index (χ4v) is 31.2. The molecule has 1 fully saturated rings. The molecule has 0 amide bonds. The molecule has 5 rings (SSSR count). The maximum atomic E-state index is 9.66. The summed E-state index contributed by atoms with van der Waals surface area (Å²) in [5.41, 5.74) is 1.92. The minimum absolute atomic E-state index is 0.390. The van der Waals surface area contributed by atoms with Crippen LogP contribution in [-0.4, -0.2) is 0 Å². The molecule has 1 saturated heterocycles. The van der Waals surface area contributed by atoms with Crippen molar-refractivity contribution < 1.29 is 0 Å². The number of nitrogens with one attached hydrogen (secondary N) is 2. The van der Waals surface area contributed by atoms with Crippen LogP contribution in [0.4, 0.5) is 21.4 Å². The van der Waals surface area contributed by atoms with E-state index in [9.17, 15) is 10.5 Å². The predicted octanol–water partition coefficient (Wildman–Crippen LogP) is 10.3. The molecule has 0 atom stereocenters. The van der Waals surface area contributed by atoms with Crippen molar-refractivity contribution in [2.75, 3.05) is 19.1 Å². The van der Waals surface area contributed by atoms with Gasteiger partial charge in [-0.2, -0.15) is 0 Å². The molecule has 4 aromatic rings. The van der Waals surface area contributed by atoms with Crippen LogP contribution in [0.1, 0.15) is 11.1 Å². The quantitative estimate of drug-likeness (QED) is 0.206. The number of hydrogen-bond acceptors (Lipinski definition) is 8. The van der Waals surface area contributed by atoms with Crippen LogP contribution in [0, 0.1) is 22.7 Å². The first kappa shape index (κ1) is 25.7. The number of nitriles is 2. The fourth-order valence-electron chi connectivity index (χ4n) is 4.05. The number of para-hydroxylation sites is 2. The summed E-state index contributed by atoms with van der Waals surface area (Å²) in [7, 11) is 0. The minimum atomic E-state index is -4.50. The third-order valence-electron chi connectivity index (χ3n) is 5.41. The van der Waals surface area contributed by atoms with Crippen molar-refractivity contribution in [3.8, 4) is 12.1 Å². The van der Waals surface area contributed by atoms with E-state index < -0.39 is 11.5 Å². The van der Waals surface area contributed by atoms with Crippen molar-refractivity contribution in [2.45, 2.75) is 0 Å². The fraction of sp³-hybridized carbons (Fsp3) is 0. The SMILES string of the molecule is N#Cc1ccsc1NP1(Cl)(Cl)N(c2ccccc2)P(Cl)(Cl)(Nc2sccc2C#N)N1c1ccccc1. The molecule has 2 aromatic carbocycles. The topological polar surface area (TPSA) is 78.1 Å². The van der Waals surface area contributed by atoms with E-state index in [2.05, 4.69) is 22.3 Å². The average molecular weight is 632 g/mol. The summed E-state index contributed by atoms with van der Waals surface area (Å²) in [4.78, 5) is 0. The molecule has 184 valence electrons. The van der Waals surface area contributed by atoms with Crippen LogP contribution in [0.25, 0.3) is 0 Å². The van der Waals surface area contributed by atoms with Crippen molar-refractivity contribution in [1.82, 2.24) is 0 Å². The molecule has 0 unspecified atom stereocenters. The first-order valence-corrected chi connectivity index (χ1v) is 19.9. The van der Waals surface area contributed by atoms with Crippen LogP contribution in [-0.2, 0) is 0 Å². The van der Waals surface area contributed by atoms with Crippen LogP contribution in [0.2, 0.25) is 0 Å². The van der Waals surface area contributed by atoms with E-state index in [-0.39, 0.29) is 0 Å². The molecule has 2 N–H and O–H groups in total. The normalized spacial score (nSPS) is 20.7. The molecule has 2 aromatic heterocycles. The summed E-state index contributed by atoms with van der Waals surface area (Å²) in [5, 5.41) is 30.4. The van der Waals surface area contributed by atoms with E-state index in [4.69, 9.17) is 45.0 Å². The van der Waals surface area contributed by atoms with Crippen LogP contribution in [0.3, 0.4) is 0 Å². The van der Waals surface area contributed by atoms with E-state index in [0.29, 0.717) is 32.5 Å². The van der Waals surface area contributed by atoms with E-state index in [0.717, 1.165) is 0 Å². The Kier molecular flexibility index (Phi) is 6.29. The summed E-state index contributed by atoms with van der Waals surface area (Å²) in [6.07, 6.45) is 0. The summed E-state index contributed by atoms with van der Waals surface area (Å²) in [6, 6.07) is 25.9. The Bertz CT molecular complexity index is 1400. The van der Waals surface area contributed by atoms with E-state index in [1.807, 2.05) is 60.7 Å². The van der Waals surface area contributed by atoms with Crippen molar-refractivity contribution in [3.63, 3.8) is 0 Å². The summed E-state index contributed by atoms with van der Waals surface area (Å²) >= 11 is 32.9. The van der Waals surface area contributed by atoms with Gasteiger partial charge in [0.05, 0.1) is 0 Å². The number of halogens is 4. The van der Waals surface area contributed by atoms with E-state index >= 15 is 0 Å². The molecule has 1 aliphatic rings. The molecule has 14 heteroatoms. The molecule has 0 aliphatic carbocycles. The van der Waals surface area contributed by atoms with Gasteiger partial charge in [-0.15, -0.1) is 0 Å². The first-order chi connectivity index (χ1) is 17.1. The van der Waals surface area contributed by atoms with Crippen LogP contribution in [0.15, 0.2) is 83.6 Å². The van der Waals surface area contributed by atoms with Crippen LogP contribution in [0.5, 0.6) is 0 Å². The third kappa shape index (κ3) is 3.81. The van der Waals surface area contributed by atoms with Crippen molar-refractivity contribution >= 4 is 101 Å². The second kappa shape index (κ2) is 8.81. The summed E-state index contributed by atoms with van der Waals surface area (Å²) in [5.74, 6) is -9.00. The number of anilines is 4.